The Labute approximate surface area is 173 Å². The summed E-state index contributed by atoms with van der Waals surface area (Å²) in [5, 5.41) is 20.2. The minimum absolute atomic E-state index is 0.00892. The highest BCUT2D eigenvalue weighted by Crippen LogP contribution is 2.27. The topological polar surface area (TPSA) is 112 Å². The van der Waals surface area contributed by atoms with Crippen molar-refractivity contribution in [2.45, 2.75) is 77.0 Å². The van der Waals surface area contributed by atoms with Crippen molar-refractivity contribution in [1.82, 2.24) is 0 Å². The highest BCUT2D eigenvalue weighted by atomic mass is 16.6. The summed E-state index contributed by atoms with van der Waals surface area (Å²) in [6.45, 7) is 15.3. The zero-order valence-electron chi connectivity index (χ0n) is 18.2. The lowest BCUT2D eigenvalue weighted by Gasteiger charge is -2.37. The average Bonchev–Trinajstić information content (AvgIpc) is 2.67. The number of esters is 2. The Bertz CT molecular complexity index is 545. The molecule has 0 saturated carbocycles. The second-order valence-corrected chi connectivity index (χ2v) is 7.69. The molecule has 0 aromatic heterocycles. The molecule has 0 aromatic carbocycles. The van der Waals surface area contributed by atoms with Crippen LogP contribution in [-0.2, 0) is 28.5 Å². The fraction of sp³-hybridized carbons (Fsp3) is 0.714. The van der Waals surface area contributed by atoms with Crippen molar-refractivity contribution in [2.75, 3.05) is 19.8 Å². The van der Waals surface area contributed by atoms with Gasteiger partial charge in [-0.2, -0.15) is 0 Å². The fourth-order valence-electron chi connectivity index (χ4n) is 2.56. The number of aliphatic hydroxyl groups is 2. The van der Waals surface area contributed by atoms with E-state index in [-0.39, 0.29) is 25.9 Å². The Hall–Kier alpha value is -1.74. The molecule has 0 spiro atoms. The Balaban J connectivity index is 4.64. The molecule has 2 N–H and O–H groups in total. The predicted molar refractivity (Wildman–Crippen MR) is 108 cm³/mol. The molecular formula is C21H36O8. The number of hydrogen-bond donors (Lipinski definition) is 2. The first-order valence-electron chi connectivity index (χ1n) is 9.65. The number of rotatable bonds is 15. The molecule has 8 nitrogen and oxygen atoms in total. The van der Waals surface area contributed by atoms with Crippen LogP contribution < -0.4 is 0 Å². The molecule has 0 rings (SSSR count). The van der Waals surface area contributed by atoms with E-state index in [1.54, 1.807) is 13.8 Å². The van der Waals surface area contributed by atoms with Crippen LogP contribution in [0.15, 0.2) is 25.3 Å². The summed E-state index contributed by atoms with van der Waals surface area (Å²) in [5.41, 5.74) is -1.56. The van der Waals surface area contributed by atoms with Crippen molar-refractivity contribution in [2.24, 2.45) is 0 Å². The third kappa shape index (κ3) is 11.1. The first-order valence-corrected chi connectivity index (χ1v) is 9.65. The normalized spacial score (nSPS) is 16.8. The van der Waals surface area contributed by atoms with E-state index in [9.17, 15) is 19.8 Å². The van der Waals surface area contributed by atoms with Gasteiger partial charge in [-0.25, -0.2) is 9.59 Å². The van der Waals surface area contributed by atoms with Crippen LogP contribution in [0, 0.1) is 0 Å². The highest BCUT2D eigenvalue weighted by molar-refractivity contribution is 5.81. The smallest absolute Gasteiger partial charge is 0.330 e. The molecule has 4 unspecified atom stereocenters. The van der Waals surface area contributed by atoms with Gasteiger partial charge in [0.1, 0.15) is 25.4 Å². The molecule has 168 valence electrons. The number of carbonyl (C=O) groups is 2. The maximum atomic E-state index is 11.2. The van der Waals surface area contributed by atoms with Gasteiger partial charge in [0.15, 0.2) is 0 Å². The fourth-order valence-corrected chi connectivity index (χ4v) is 2.56. The molecule has 0 aliphatic carbocycles. The van der Waals surface area contributed by atoms with E-state index >= 15 is 0 Å². The Kier molecular flexibility index (Phi) is 12.0. The molecule has 0 aliphatic heterocycles. The molecule has 29 heavy (non-hydrogen) atoms. The Morgan fingerprint density at radius 2 is 1.52 bits per heavy atom. The van der Waals surface area contributed by atoms with Crippen LogP contribution in [0.4, 0.5) is 0 Å². The number of ether oxygens (including phenoxy) is 4. The zero-order valence-corrected chi connectivity index (χ0v) is 18.2. The van der Waals surface area contributed by atoms with E-state index in [1.807, 2.05) is 20.8 Å². The maximum absolute atomic E-state index is 11.2. The van der Waals surface area contributed by atoms with E-state index in [4.69, 9.17) is 18.9 Å². The van der Waals surface area contributed by atoms with Crippen molar-refractivity contribution in [3.8, 4) is 0 Å². The van der Waals surface area contributed by atoms with Gasteiger partial charge in [-0.15, -0.1) is 0 Å². The first-order chi connectivity index (χ1) is 13.4. The van der Waals surface area contributed by atoms with Gasteiger partial charge in [0.05, 0.1) is 23.9 Å². The third-order valence-corrected chi connectivity index (χ3v) is 4.53. The quantitative estimate of drug-likeness (QED) is 0.308. The van der Waals surface area contributed by atoms with Crippen molar-refractivity contribution < 1.29 is 38.7 Å². The van der Waals surface area contributed by atoms with Gasteiger partial charge in [0.2, 0.25) is 0 Å². The molecule has 0 radical (unpaired) electrons. The Morgan fingerprint density at radius 1 is 1.00 bits per heavy atom. The van der Waals surface area contributed by atoms with Gasteiger partial charge in [0, 0.05) is 18.6 Å². The Morgan fingerprint density at radius 3 is 2.00 bits per heavy atom. The van der Waals surface area contributed by atoms with Gasteiger partial charge in [-0.05, 0) is 34.1 Å². The van der Waals surface area contributed by atoms with Crippen molar-refractivity contribution in [3.05, 3.63) is 25.3 Å². The molecule has 0 fully saturated rings. The van der Waals surface area contributed by atoms with Crippen molar-refractivity contribution >= 4 is 11.9 Å². The lowest BCUT2D eigenvalue weighted by Crippen LogP contribution is -2.46. The van der Waals surface area contributed by atoms with Crippen LogP contribution in [0.25, 0.3) is 0 Å². The number of carbonyl (C=O) groups excluding carboxylic acids is 2. The van der Waals surface area contributed by atoms with E-state index in [1.165, 1.54) is 0 Å². The van der Waals surface area contributed by atoms with E-state index < -0.39 is 35.3 Å². The van der Waals surface area contributed by atoms with Crippen molar-refractivity contribution in [1.29, 1.82) is 0 Å². The average molecular weight is 417 g/mol. The van der Waals surface area contributed by atoms with E-state index in [2.05, 4.69) is 13.2 Å². The first kappa shape index (κ1) is 27.3. The minimum Gasteiger partial charge on any atom is -0.460 e. The minimum atomic E-state index is -1.02. The summed E-state index contributed by atoms with van der Waals surface area (Å²) in [5.74, 6) is -1.22. The lowest BCUT2D eigenvalue weighted by atomic mass is 9.94. The molecule has 0 amide bonds. The van der Waals surface area contributed by atoms with Crippen LogP contribution >= 0.6 is 0 Å². The van der Waals surface area contributed by atoms with Crippen LogP contribution in [0.5, 0.6) is 0 Å². The van der Waals surface area contributed by atoms with Gasteiger partial charge in [-0.1, -0.05) is 20.1 Å². The van der Waals surface area contributed by atoms with Crippen LogP contribution in [0.3, 0.4) is 0 Å². The molecule has 8 heteroatoms. The monoisotopic (exact) mass is 416 g/mol. The lowest BCUT2D eigenvalue weighted by molar-refractivity contribution is -0.173. The van der Waals surface area contributed by atoms with Crippen LogP contribution in [0.2, 0.25) is 0 Å². The molecule has 0 bridgehead atoms. The summed E-state index contributed by atoms with van der Waals surface area (Å²) < 4.78 is 21.5. The molecule has 0 aliphatic rings. The summed E-state index contributed by atoms with van der Waals surface area (Å²) in [4.78, 5) is 22.2. The molecule has 4 atom stereocenters. The van der Waals surface area contributed by atoms with Gasteiger partial charge in [0.25, 0.3) is 0 Å². The molecule has 0 heterocycles. The van der Waals surface area contributed by atoms with Crippen LogP contribution in [0.1, 0.15) is 47.5 Å². The van der Waals surface area contributed by atoms with E-state index in [0.717, 1.165) is 12.2 Å². The molecule has 0 saturated heterocycles. The van der Waals surface area contributed by atoms with Gasteiger partial charge >= 0.3 is 11.9 Å². The summed E-state index contributed by atoms with van der Waals surface area (Å²) >= 11 is 0. The summed E-state index contributed by atoms with van der Waals surface area (Å²) in [6.07, 6.45) is 0.917. The SMILES string of the molecule is C=CC(=O)OCC(O)COC(C)(CC)CC(C)OC(C)(C)C(O)COC(=O)C=C. The zero-order chi connectivity index (χ0) is 22.7. The molecule has 0 aromatic rings. The predicted octanol–water partition coefficient (Wildman–Crippen LogP) is 1.93. The van der Waals surface area contributed by atoms with Gasteiger partial charge < -0.3 is 29.2 Å². The standard InChI is InChI=1S/C21H36O8/c1-8-18(24)26-12-16(22)13-28-21(7,10-3)11-15(4)29-20(5,6)17(23)14-27-19(25)9-2/h8-9,15-17,22-23H,1-2,10-14H2,3-7H3. The third-order valence-electron chi connectivity index (χ3n) is 4.53. The summed E-state index contributed by atoms with van der Waals surface area (Å²) in [7, 11) is 0. The van der Waals surface area contributed by atoms with Crippen molar-refractivity contribution in [3.63, 3.8) is 0 Å². The van der Waals surface area contributed by atoms with E-state index in [0.29, 0.717) is 12.8 Å². The number of hydrogen-bond acceptors (Lipinski definition) is 8. The highest BCUT2D eigenvalue weighted by Gasteiger charge is 2.34. The maximum Gasteiger partial charge on any atom is 0.330 e. The second-order valence-electron chi connectivity index (χ2n) is 7.69. The second kappa shape index (κ2) is 12.7. The van der Waals surface area contributed by atoms with Gasteiger partial charge in [-0.3, -0.25) is 0 Å². The number of aliphatic hydroxyl groups excluding tert-OH is 2. The summed E-state index contributed by atoms with van der Waals surface area (Å²) in [6, 6.07) is 0. The van der Waals surface area contributed by atoms with Crippen LogP contribution in [-0.4, -0.2) is 71.5 Å². The largest absolute Gasteiger partial charge is 0.460 e. The molecular weight excluding hydrogens is 380 g/mol.